The number of aliphatic hydroxyl groups is 1. The first-order valence-electron chi connectivity index (χ1n) is 7.89. The number of rotatable bonds is 5. The van der Waals surface area contributed by atoms with E-state index >= 15 is 0 Å². The molecule has 1 saturated carbocycles. The summed E-state index contributed by atoms with van der Waals surface area (Å²) >= 11 is 0. The Hall–Kier alpha value is -0.120. The second kappa shape index (κ2) is 7.05. The van der Waals surface area contributed by atoms with Crippen LogP contribution in [0.1, 0.15) is 59.8 Å². The second-order valence-electron chi connectivity index (χ2n) is 7.39. The molecule has 0 aromatic heterocycles. The molecule has 1 aliphatic rings. The third-order valence-corrected chi connectivity index (χ3v) is 5.09. The Balaban J connectivity index is 2.62. The predicted octanol–water partition coefficient (Wildman–Crippen LogP) is 2.62. The van der Waals surface area contributed by atoms with Gasteiger partial charge in [-0.1, -0.05) is 34.1 Å². The third kappa shape index (κ3) is 4.44. The van der Waals surface area contributed by atoms with Gasteiger partial charge in [0.15, 0.2) is 0 Å². The quantitative estimate of drug-likeness (QED) is 0.807. The van der Waals surface area contributed by atoms with Crippen LogP contribution in [0.4, 0.5) is 0 Å². The lowest BCUT2D eigenvalue weighted by molar-refractivity contribution is 0.0417. The summed E-state index contributed by atoms with van der Waals surface area (Å²) in [5, 5.41) is 9.74. The van der Waals surface area contributed by atoms with E-state index in [1.54, 1.807) is 0 Å². The maximum Gasteiger partial charge on any atom is 0.0602 e. The van der Waals surface area contributed by atoms with Crippen LogP contribution in [0.15, 0.2) is 0 Å². The lowest BCUT2D eigenvalue weighted by atomic mass is 9.80. The fourth-order valence-electron chi connectivity index (χ4n) is 3.30. The van der Waals surface area contributed by atoms with Crippen LogP contribution in [0.3, 0.4) is 0 Å². The molecule has 1 rings (SSSR count). The van der Waals surface area contributed by atoms with Crippen molar-refractivity contribution >= 4 is 0 Å². The number of hydrogen-bond donors (Lipinski definition) is 2. The average molecular weight is 270 g/mol. The Kier molecular flexibility index (Phi) is 6.28. The highest BCUT2D eigenvalue weighted by Crippen LogP contribution is 2.31. The topological polar surface area (TPSA) is 49.5 Å². The van der Waals surface area contributed by atoms with Crippen molar-refractivity contribution in [3.8, 4) is 0 Å². The minimum Gasteiger partial charge on any atom is -0.395 e. The van der Waals surface area contributed by atoms with Gasteiger partial charge in [0.25, 0.3) is 0 Å². The van der Waals surface area contributed by atoms with Gasteiger partial charge in [0, 0.05) is 18.1 Å². The number of likely N-dealkylation sites (N-methyl/N-ethyl adjacent to an activating group) is 1. The molecular formula is C16H34N2O. The van der Waals surface area contributed by atoms with Crippen molar-refractivity contribution in [2.45, 2.75) is 77.9 Å². The smallest absolute Gasteiger partial charge is 0.0602 e. The molecule has 3 nitrogen and oxygen atoms in total. The van der Waals surface area contributed by atoms with Crippen LogP contribution < -0.4 is 5.73 Å². The molecule has 114 valence electrons. The number of nitrogens with two attached hydrogens (primary N) is 1. The molecule has 2 unspecified atom stereocenters. The van der Waals surface area contributed by atoms with Gasteiger partial charge >= 0.3 is 0 Å². The molecule has 0 saturated heterocycles. The Bertz CT molecular complexity index is 254. The zero-order chi connectivity index (χ0) is 14.6. The minimum atomic E-state index is 0.00592. The fraction of sp³-hybridized carbons (Fsp3) is 1.00. The Morgan fingerprint density at radius 3 is 2.11 bits per heavy atom. The number of aliphatic hydroxyl groups excluding tert-OH is 1. The van der Waals surface area contributed by atoms with Gasteiger partial charge in [-0.05, 0) is 44.1 Å². The maximum absolute atomic E-state index is 9.74. The molecule has 0 amide bonds. The van der Waals surface area contributed by atoms with Crippen molar-refractivity contribution in [3.63, 3.8) is 0 Å². The first-order valence-corrected chi connectivity index (χ1v) is 7.89. The molecule has 0 bridgehead atoms. The van der Waals surface area contributed by atoms with Crippen molar-refractivity contribution in [1.82, 2.24) is 4.90 Å². The Labute approximate surface area is 119 Å². The Morgan fingerprint density at radius 1 is 1.21 bits per heavy atom. The van der Waals surface area contributed by atoms with Crippen LogP contribution in [-0.4, -0.2) is 41.8 Å². The minimum absolute atomic E-state index is 0.00592. The first-order chi connectivity index (χ1) is 8.81. The zero-order valence-corrected chi connectivity index (χ0v) is 13.5. The van der Waals surface area contributed by atoms with Crippen LogP contribution in [-0.2, 0) is 0 Å². The highest BCUT2D eigenvalue weighted by atomic mass is 16.3. The summed E-state index contributed by atoms with van der Waals surface area (Å²) in [6.45, 7) is 8.91. The zero-order valence-electron chi connectivity index (χ0n) is 13.5. The van der Waals surface area contributed by atoms with Gasteiger partial charge in [-0.25, -0.2) is 0 Å². The van der Waals surface area contributed by atoms with Crippen LogP contribution >= 0.6 is 0 Å². The molecule has 3 heteroatoms. The van der Waals surface area contributed by atoms with Crippen LogP contribution in [0, 0.1) is 11.3 Å². The van der Waals surface area contributed by atoms with Gasteiger partial charge in [0.05, 0.1) is 6.61 Å². The lowest BCUT2D eigenvalue weighted by Crippen LogP contribution is -2.57. The van der Waals surface area contributed by atoms with E-state index in [0.717, 1.165) is 5.92 Å². The largest absolute Gasteiger partial charge is 0.395 e. The monoisotopic (exact) mass is 270 g/mol. The van der Waals surface area contributed by atoms with E-state index in [4.69, 9.17) is 5.73 Å². The second-order valence-corrected chi connectivity index (χ2v) is 7.39. The number of nitrogens with zero attached hydrogens (tertiary/aromatic N) is 1. The molecule has 0 heterocycles. The van der Waals surface area contributed by atoms with Gasteiger partial charge in [0.2, 0.25) is 0 Å². The van der Waals surface area contributed by atoms with Gasteiger partial charge in [0.1, 0.15) is 0 Å². The molecular weight excluding hydrogens is 236 g/mol. The molecule has 19 heavy (non-hydrogen) atoms. The van der Waals surface area contributed by atoms with E-state index in [0.29, 0.717) is 6.04 Å². The molecule has 3 N–H and O–H groups in total. The average Bonchev–Trinajstić information content (AvgIpc) is 2.38. The van der Waals surface area contributed by atoms with E-state index in [9.17, 15) is 5.11 Å². The summed E-state index contributed by atoms with van der Waals surface area (Å²) < 4.78 is 0. The van der Waals surface area contributed by atoms with Crippen LogP contribution in [0.2, 0.25) is 0 Å². The summed E-state index contributed by atoms with van der Waals surface area (Å²) in [6, 6.07) is 0.669. The SMILES string of the molecule is CCC1CCC(N(C)C(CO)C(N)C(C)(C)C)CC1. The van der Waals surface area contributed by atoms with Crippen molar-refractivity contribution < 1.29 is 5.11 Å². The summed E-state index contributed by atoms with van der Waals surface area (Å²) in [5.74, 6) is 0.911. The summed E-state index contributed by atoms with van der Waals surface area (Å²) in [4.78, 5) is 2.35. The van der Waals surface area contributed by atoms with Gasteiger partial charge in [-0.3, -0.25) is 4.90 Å². The lowest BCUT2D eigenvalue weighted by Gasteiger charge is -2.43. The summed E-state index contributed by atoms with van der Waals surface area (Å²) in [5.41, 5.74) is 6.39. The maximum atomic E-state index is 9.74. The van der Waals surface area contributed by atoms with Crippen LogP contribution in [0.5, 0.6) is 0 Å². The first kappa shape index (κ1) is 16.9. The molecule has 1 aliphatic carbocycles. The summed E-state index contributed by atoms with van der Waals surface area (Å²) in [6.07, 6.45) is 6.47. The van der Waals surface area contributed by atoms with Gasteiger partial charge in [-0.2, -0.15) is 0 Å². The van der Waals surface area contributed by atoms with Gasteiger partial charge in [-0.15, -0.1) is 0 Å². The predicted molar refractivity (Wildman–Crippen MR) is 82.1 cm³/mol. The fourth-order valence-corrected chi connectivity index (χ4v) is 3.30. The van der Waals surface area contributed by atoms with Gasteiger partial charge < -0.3 is 10.8 Å². The molecule has 0 spiro atoms. The third-order valence-electron chi connectivity index (χ3n) is 5.09. The molecule has 0 aromatic carbocycles. The van der Waals surface area contributed by atoms with E-state index in [-0.39, 0.29) is 24.1 Å². The van der Waals surface area contributed by atoms with Crippen LogP contribution in [0.25, 0.3) is 0 Å². The van der Waals surface area contributed by atoms with E-state index in [2.05, 4.69) is 39.6 Å². The normalized spacial score (nSPS) is 28.4. The Morgan fingerprint density at radius 2 is 1.74 bits per heavy atom. The highest BCUT2D eigenvalue weighted by molar-refractivity contribution is 4.92. The van der Waals surface area contributed by atoms with Crippen molar-refractivity contribution in [1.29, 1.82) is 0 Å². The molecule has 2 atom stereocenters. The van der Waals surface area contributed by atoms with Crippen molar-refractivity contribution in [2.75, 3.05) is 13.7 Å². The van der Waals surface area contributed by atoms with Crippen molar-refractivity contribution in [2.24, 2.45) is 17.1 Å². The molecule has 0 aliphatic heterocycles. The molecule has 0 radical (unpaired) electrons. The summed E-state index contributed by atoms with van der Waals surface area (Å²) in [7, 11) is 2.14. The van der Waals surface area contributed by atoms with E-state index in [1.165, 1.54) is 32.1 Å². The highest BCUT2D eigenvalue weighted by Gasteiger charge is 2.34. The van der Waals surface area contributed by atoms with Crippen molar-refractivity contribution in [3.05, 3.63) is 0 Å². The standard InChI is InChI=1S/C16H34N2O/c1-6-12-7-9-13(10-8-12)18(5)14(11-19)15(17)16(2,3)4/h12-15,19H,6-11,17H2,1-5H3. The number of hydrogen-bond acceptors (Lipinski definition) is 3. The van der Waals surface area contributed by atoms with E-state index < -0.39 is 0 Å². The van der Waals surface area contributed by atoms with E-state index in [1.807, 2.05) is 0 Å². The molecule has 1 fully saturated rings. The molecule has 0 aromatic rings.